The first kappa shape index (κ1) is 22.3. The third-order valence-electron chi connectivity index (χ3n) is 5.38. The van der Waals surface area contributed by atoms with Gasteiger partial charge in [0.2, 0.25) is 0 Å². The van der Waals surface area contributed by atoms with Gasteiger partial charge in [0.1, 0.15) is 18.2 Å². The van der Waals surface area contributed by atoms with E-state index in [4.69, 9.17) is 4.74 Å². The summed E-state index contributed by atoms with van der Waals surface area (Å²) in [6.45, 7) is 6.44. The SMILES string of the molecule is CCCCc1nc(C)c(C)c(=O)n1Cc1ccc(OCc2ccccc2C(=O)O)cc1. The lowest BCUT2D eigenvalue weighted by Crippen LogP contribution is -2.28. The molecule has 0 aliphatic carbocycles. The van der Waals surface area contributed by atoms with Gasteiger partial charge in [0.05, 0.1) is 12.1 Å². The van der Waals surface area contributed by atoms with Gasteiger partial charge < -0.3 is 9.84 Å². The first-order valence-corrected chi connectivity index (χ1v) is 10.5. The number of carboxylic acids is 1. The predicted octanol–water partition coefficient (Wildman–Crippen LogP) is 4.53. The number of aromatic carboxylic acids is 1. The van der Waals surface area contributed by atoms with Crippen LogP contribution in [0, 0.1) is 13.8 Å². The molecule has 0 atom stereocenters. The molecule has 3 rings (SSSR count). The topological polar surface area (TPSA) is 81.4 Å². The van der Waals surface area contributed by atoms with Gasteiger partial charge in [-0.05, 0) is 44.0 Å². The van der Waals surface area contributed by atoms with Crippen molar-refractivity contribution in [3.63, 3.8) is 0 Å². The zero-order valence-electron chi connectivity index (χ0n) is 18.2. The minimum Gasteiger partial charge on any atom is -0.489 e. The maximum absolute atomic E-state index is 12.8. The summed E-state index contributed by atoms with van der Waals surface area (Å²) in [5.74, 6) is 0.488. The Labute approximate surface area is 182 Å². The van der Waals surface area contributed by atoms with Crippen molar-refractivity contribution in [2.24, 2.45) is 0 Å². The van der Waals surface area contributed by atoms with Crippen molar-refractivity contribution in [1.82, 2.24) is 9.55 Å². The Bertz CT molecular complexity index is 1120. The highest BCUT2D eigenvalue weighted by Gasteiger charge is 2.12. The van der Waals surface area contributed by atoms with E-state index in [1.54, 1.807) is 28.8 Å². The molecule has 31 heavy (non-hydrogen) atoms. The molecule has 0 aliphatic rings. The fourth-order valence-corrected chi connectivity index (χ4v) is 3.39. The van der Waals surface area contributed by atoms with E-state index in [9.17, 15) is 14.7 Å². The van der Waals surface area contributed by atoms with E-state index in [1.165, 1.54) is 0 Å². The molecule has 6 nitrogen and oxygen atoms in total. The minimum atomic E-state index is -0.971. The quantitative estimate of drug-likeness (QED) is 0.550. The molecule has 3 aromatic rings. The van der Waals surface area contributed by atoms with Crippen LogP contribution in [0.25, 0.3) is 0 Å². The monoisotopic (exact) mass is 420 g/mol. The van der Waals surface area contributed by atoms with Gasteiger partial charge in [-0.3, -0.25) is 9.36 Å². The summed E-state index contributed by atoms with van der Waals surface area (Å²) >= 11 is 0. The van der Waals surface area contributed by atoms with Gasteiger partial charge in [0.25, 0.3) is 5.56 Å². The van der Waals surface area contributed by atoms with Crippen LogP contribution in [0.5, 0.6) is 5.75 Å². The molecule has 0 bridgehead atoms. The van der Waals surface area contributed by atoms with Gasteiger partial charge in [-0.25, -0.2) is 9.78 Å². The lowest BCUT2D eigenvalue weighted by Gasteiger charge is -2.15. The summed E-state index contributed by atoms with van der Waals surface area (Å²) in [6.07, 6.45) is 2.80. The fraction of sp³-hybridized carbons (Fsp3) is 0.320. The van der Waals surface area contributed by atoms with E-state index in [1.807, 2.05) is 38.1 Å². The van der Waals surface area contributed by atoms with Crippen LogP contribution in [0.4, 0.5) is 0 Å². The molecule has 0 saturated carbocycles. The van der Waals surface area contributed by atoms with Crippen LogP contribution in [0.1, 0.15) is 58.3 Å². The number of nitrogens with zero attached hydrogens (tertiary/aromatic N) is 2. The maximum atomic E-state index is 12.8. The number of aryl methyl sites for hydroxylation is 2. The number of rotatable bonds is 9. The molecule has 162 valence electrons. The molecule has 1 heterocycles. The first-order chi connectivity index (χ1) is 14.9. The normalized spacial score (nSPS) is 10.8. The third-order valence-corrected chi connectivity index (χ3v) is 5.38. The summed E-state index contributed by atoms with van der Waals surface area (Å²) in [4.78, 5) is 28.8. The largest absolute Gasteiger partial charge is 0.489 e. The summed E-state index contributed by atoms with van der Waals surface area (Å²) in [5.41, 5.74) is 3.30. The van der Waals surface area contributed by atoms with E-state index in [2.05, 4.69) is 11.9 Å². The molecule has 6 heteroatoms. The molecule has 0 unspecified atom stereocenters. The second-order valence-electron chi connectivity index (χ2n) is 7.63. The van der Waals surface area contributed by atoms with Crippen LogP contribution >= 0.6 is 0 Å². The zero-order valence-corrected chi connectivity index (χ0v) is 18.2. The van der Waals surface area contributed by atoms with Crippen LogP contribution in [0.3, 0.4) is 0 Å². The second-order valence-corrected chi connectivity index (χ2v) is 7.63. The van der Waals surface area contributed by atoms with Gasteiger partial charge in [-0.1, -0.05) is 43.7 Å². The van der Waals surface area contributed by atoms with E-state index in [-0.39, 0.29) is 17.7 Å². The smallest absolute Gasteiger partial charge is 0.336 e. The Morgan fingerprint density at radius 3 is 2.48 bits per heavy atom. The van der Waals surface area contributed by atoms with Crippen LogP contribution in [-0.4, -0.2) is 20.6 Å². The third kappa shape index (κ3) is 5.40. The number of hydrogen-bond donors (Lipinski definition) is 1. The lowest BCUT2D eigenvalue weighted by atomic mass is 10.1. The van der Waals surface area contributed by atoms with Gasteiger partial charge in [0, 0.05) is 23.2 Å². The molecule has 1 aromatic heterocycles. The van der Waals surface area contributed by atoms with E-state index < -0.39 is 5.97 Å². The molecule has 0 radical (unpaired) electrons. The van der Waals surface area contributed by atoms with E-state index in [0.29, 0.717) is 23.4 Å². The molecule has 0 amide bonds. The highest BCUT2D eigenvalue weighted by Crippen LogP contribution is 2.17. The Morgan fingerprint density at radius 1 is 1.10 bits per heavy atom. The molecular weight excluding hydrogens is 392 g/mol. The van der Waals surface area contributed by atoms with Gasteiger partial charge in [-0.2, -0.15) is 0 Å². The molecule has 2 aromatic carbocycles. The van der Waals surface area contributed by atoms with Crippen molar-refractivity contribution >= 4 is 5.97 Å². The van der Waals surface area contributed by atoms with Gasteiger partial charge in [0.15, 0.2) is 0 Å². The van der Waals surface area contributed by atoms with Crippen molar-refractivity contribution in [3.05, 3.63) is 92.7 Å². The zero-order chi connectivity index (χ0) is 22.4. The van der Waals surface area contributed by atoms with Gasteiger partial charge in [-0.15, -0.1) is 0 Å². The molecule has 0 spiro atoms. The first-order valence-electron chi connectivity index (χ1n) is 10.5. The van der Waals surface area contributed by atoms with Crippen LogP contribution in [-0.2, 0) is 19.6 Å². The second kappa shape index (κ2) is 10.1. The van der Waals surface area contributed by atoms with Crippen molar-refractivity contribution in [1.29, 1.82) is 0 Å². The Kier molecular flexibility index (Phi) is 7.23. The number of hydrogen-bond acceptors (Lipinski definition) is 4. The standard InChI is InChI=1S/C25H28N2O4/c1-4-5-10-23-26-18(3)17(2)24(28)27(23)15-19-11-13-21(14-12-19)31-16-20-8-6-7-9-22(20)25(29)30/h6-9,11-14H,4-5,10,15-16H2,1-3H3,(H,29,30). The Balaban J connectivity index is 1.75. The summed E-state index contributed by atoms with van der Waals surface area (Å²) in [7, 11) is 0. The van der Waals surface area contributed by atoms with Crippen molar-refractivity contribution in [2.75, 3.05) is 0 Å². The fourth-order valence-electron chi connectivity index (χ4n) is 3.39. The highest BCUT2D eigenvalue weighted by molar-refractivity contribution is 5.89. The molecule has 1 N–H and O–H groups in total. The Hall–Kier alpha value is -3.41. The Morgan fingerprint density at radius 2 is 1.81 bits per heavy atom. The van der Waals surface area contributed by atoms with E-state index >= 15 is 0 Å². The predicted molar refractivity (Wildman–Crippen MR) is 120 cm³/mol. The summed E-state index contributed by atoms with van der Waals surface area (Å²) < 4.78 is 7.54. The van der Waals surface area contributed by atoms with Crippen molar-refractivity contribution in [2.45, 2.75) is 53.2 Å². The van der Waals surface area contributed by atoms with Gasteiger partial charge >= 0.3 is 5.97 Å². The van der Waals surface area contributed by atoms with Crippen LogP contribution in [0.15, 0.2) is 53.3 Å². The highest BCUT2D eigenvalue weighted by atomic mass is 16.5. The molecule has 0 saturated heterocycles. The van der Waals surface area contributed by atoms with Crippen molar-refractivity contribution in [3.8, 4) is 5.75 Å². The number of aromatic nitrogens is 2. The van der Waals surface area contributed by atoms with Crippen molar-refractivity contribution < 1.29 is 14.6 Å². The number of benzene rings is 2. The summed E-state index contributed by atoms with van der Waals surface area (Å²) in [6, 6.07) is 14.3. The summed E-state index contributed by atoms with van der Waals surface area (Å²) in [5, 5.41) is 9.29. The average Bonchev–Trinajstić information content (AvgIpc) is 2.78. The lowest BCUT2D eigenvalue weighted by molar-refractivity contribution is 0.0694. The number of carbonyl (C=O) groups is 1. The molecule has 0 fully saturated rings. The molecule has 0 aliphatic heterocycles. The number of ether oxygens (including phenoxy) is 1. The minimum absolute atomic E-state index is 0.00390. The number of unbranched alkanes of at least 4 members (excludes halogenated alkanes) is 1. The molecular formula is C25H28N2O4. The van der Waals surface area contributed by atoms with Crippen LogP contribution < -0.4 is 10.3 Å². The number of carboxylic acid groups (broad SMARTS) is 1. The van der Waals surface area contributed by atoms with E-state index in [0.717, 1.165) is 36.3 Å². The average molecular weight is 421 g/mol. The maximum Gasteiger partial charge on any atom is 0.336 e. The van der Waals surface area contributed by atoms with Crippen LogP contribution in [0.2, 0.25) is 0 Å².